The number of nitrogens with zero attached hydrogens (tertiary/aromatic N) is 1. The predicted molar refractivity (Wildman–Crippen MR) is 66.7 cm³/mol. The van der Waals surface area contributed by atoms with Crippen LogP contribution in [0.2, 0.25) is 0 Å². The minimum absolute atomic E-state index is 0.315. The van der Waals surface area contributed by atoms with Crippen LogP contribution in [-0.4, -0.2) is 25.8 Å². The monoisotopic (exact) mass is 256 g/mol. The highest BCUT2D eigenvalue weighted by Crippen LogP contribution is 2.22. The van der Waals surface area contributed by atoms with Crippen molar-refractivity contribution in [2.45, 2.75) is 32.1 Å². The first-order valence-corrected chi connectivity index (χ1v) is 6.16. The predicted octanol–water partition coefficient (Wildman–Crippen LogP) is 2.35. The second-order valence-corrected chi connectivity index (χ2v) is 4.45. The van der Waals surface area contributed by atoms with Crippen LogP contribution in [0.5, 0.6) is 0 Å². The van der Waals surface area contributed by atoms with Gasteiger partial charge < -0.3 is 15.4 Å². The summed E-state index contributed by atoms with van der Waals surface area (Å²) < 4.78 is 28.7. The van der Waals surface area contributed by atoms with Gasteiger partial charge in [-0.15, -0.1) is 0 Å². The van der Waals surface area contributed by atoms with E-state index in [-0.39, 0.29) is 6.10 Å². The molecule has 0 unspecified atom stereocenters. The van der Waals surface area contributed by atoms with Crippen LogP contribution in [0.3, 0.4) is 0 Å². The summed E-state index contributed by atoms with van der Waals surface area (Å²) in [5, 5.41) is 0. The van der Waals surface area contributed by atoms with E-state index in [1.165, 1.54) is 0 Å². The number of piperidine rings is 1. The van der Waals surface area contributed by atoms with Crippen LogP contribution in [-0.2, 0) is 11.3 Å². The third-order valence-electron chi connectivity index (χ3n) is 3.27. The van der Waals surface area contributed by atoms with Gasteiger partial charge in [0.2, 0.25) is 0 Å². The number of anilines is 1. The molecule has 0 atom stereocenters. The fraction of sp³-hybridized carbons (Fsp3) is 0.538. The summed E-state index contributed by atoms with van der Waals surface area (Å²) in [6.45, 7) is -0.631. The van der Waals surface area contributed by atoms with Crippen LogP contribution >= 0.6 is 0 Å². The highest BCUT2D eigenvalue weighted by Gasteiger charge is 2.22. The Labute approximate surface area is 106 Å². The quantitative estimate of drug-likeness (QED) is 0.898. The van der Waals surface area contributed by atoms with E-state index in [2.05, 4.69) is 9.64 Å². The smallest absolute Gasteiger partial charge is 0.345 e. The van der Waals surface area contributed by atoms with Gasteiger partial charge in [-0.25, -0.2) is 0 Å². The number of nitrogens with two attached hydrogens (primary N) is 1. The van der Waals surface area contributed by atoms with Gasteiger partial charge in [0.05, 0.1) is 6.10 Å². The molecule has 3 nitrogen and oxygen atoms in total. The molecule has 5 heteroatoms. The van der Waals surface area contributed by atoms with Crippen LogP contribution in [0.1, 0.15) is 18.4 Å². The van der Waals surface area contributed by atoms with Gasteiger partial charge in [-0.05, 0) is 30.5 Å². The Hall–Kier alpha value is -1.20. The SMILES string of the molecule is NCc1ccc(N2CCC(OC(F)F)CC2)cc1. The van der Waals surface area contributed by atoms with Gasteiger partial charge in [0.1, 0.15) is 0 Å². The first kappa shape index (κ1) is 13.2. The molecule has 1 heterocycles. The minimum Gasteiger partial charge on any atom is -0.371 e. The molecule has 0 aromatic heterocycles. The molecule has 100 valence electrons. The molecule has 1 aliphatic rings. The van der Waals surface area contributed by atoms with Crippen molar-refractivity contribution in [1.29, 1.82) is 0 Å². The summed E-state index contributed by atoms with van der Waals surface area (Å²) in [5.74, 6) is 0. The summed E-state index contributed by atoms with van der Waals surface area (Å²) in [4.78, 5) is 2.19. The Balaban J connectivity index is 1.88. The third kappa shape index (κ3) is 3.40. The van der Waals surface area contributed by atoms with E-state index in [1.807, 2.05) is 24.3 Å². The van der Waals surface area contributed by atoms with Gasteiger partial charge in [-0.2, -0.15) is 8.78 Å². The highest BCUT2D eigenvalue weighted by molar-refractivity contribution is 5.47. The van der Waals surface area contributed by atoms with Gasteiger partial charge in [-0.3, -0.25) is 0 Å². The number of hydrogen-bond donors (Lipinski definition) is 1. The molecule has 2 rings (SSSR count). The maximum Gasteiger partial charge on any atom is 0.345 e. The molecule has 0 spiro atoms. The van der Waals surface area contributed by atoms with Crippen LogP contribution in [0.25, 0.3) is 0 Å². The Morgan fingerprint density at radius 1 is 1.22 bits per heavy atom. The lowest BCUT2D eigenvalue weighted by Crippen LogP contribution is -2.37. The average Bonchev–Trinajstić information content (AvgIpc) is 2.39. The van der Waals surface area contributed by atoms with E-state index in [4.69, 9.17) is 5.73 Å². The largest absolute Gasteiger partial charge is 0.371 e. The van der Waals surface area contributed by atoms with Gasteiger partial charge >= 0.3 is 6.61 Å². The summed E-state index contributed by atoms with van der Waals surface area (Å²) in [7, 11) is 0. The zero-order chi connectivity index (χ0) is 13.0. The van der Waals surface area contributed by atoms with E-state index in [0.717, 1.165) is 24.3 Å². The van der Waals surface area contributed by atoms with Crippen molar-refractivity contribution in [1.82, 2.24) is 0 Å². The second-order valence-electron chi connectivity index (χ2n) is 4.45. The molecule has 2 N–H and O–H groups in total. The molecular weight excluding hydrogens is 238 g/mol. The van der Waals surface area contributed by atoms with E-state index in [9.17, 15) is 8.78 Å². The van der Waals surface area contributed by atoms with Crippen LogP contribution in [0.4, 0.5) is 14.5 Å². The molecule has 0 amide bonds. The van der Waals surface area contributed by atoms with Gasteiger partial charge in [0, 0.05) is 25.3 Å². The average molecular weight is 256 g/mol. The summed E-state index contributed by atoms with van der Waals surface area (Å²) >= 11 is 0. The second kappa shape index (κ2) is 6.11. The van der Waals surface area contributed by atoms with E-state index < -0.39 is 6.61 Å². The molecule has 0 saturated carbocycles. The van der Waals surface area contributed by atoms with Crippen LogP contribution < -0.4 is 10.6 Å². The molecular formula is C13H18F2N2O. The summed E-state index contributed by atoms with van der Waals surface area (Å²) in [6.07, 6.45) is 0.968. The van der Waals surface area contributed by atoms with Gasteiger partial charge in [0.15, 0.2) is 0 Å². The van der Waals surface area contributed by atoms with Crippen LogP contribution in [0, 0.1) is 0 Å². The molecule has 1 aromatic rings. The normalized spacial score (nSPS) is 17.4. The standard InChI is InChI=1S/C13H18F2N2O/c14-13(15)18-12-5-7-17(8-6-12)11-3-1-10(9-16)2-4-11/h1-4,12-13H,5-9,16H2. The van der Waals surface area contributed by atoms with E-state index in [0.29, 0.717) is 19.4 Å². The van der Waals surface area contributed by atoms with Gasteiger partial charge in [0.25, 0.3) is 0 Å². The Morgan fingerprint density at radius 2 is 1.83 bits per heavy atom. The zero-order valence-corrected chi connectivity index (χ0v) is 10.2. The number of rotatable bonds is 4. The lowest BCUT2D eigenvalue weighted by atomic mass is 10.1. The Bertz CT molecular complexity index is 362. The number of benzene rings is 1. The maximum atomic E-state index is 12.1. The van der Waals surface area contributed by atoms with Crippen molar-refractivity contribution < 1.29 is 13.5 Å². The fourth-order valence-electron chi connectivity index (χ4n) is 2.24. The molecule has 1 fully saturated rings. The molecule has 1 aliphatic heterocycles. The number of hydrogen-bond acceptors (Lipinski definition) is 3. The van der Waals surface area contributed by atoms with Crippen molar-refractivity contribution in [3.8, 4) is 0 Å². The van der Waals surface area contributed by atoms with E-state index >= 15 is 0 Å². The molecule has 0 aliphatic carbocycles. The van der Waals surface area contributed by atoms with Gasteiger partial charge in [-0.1, -0.05) is 12.1 Å². The minimum atomic E-state index is -2.66. The van der Waals surface area contributed by atoms with E-state index in [1.54, 1.807) is 0 Å². The maximum absolute atomic E-state index is 12.1. The lowest BCUT2D eigenvalue weighted by molar-refractivity contribution is -0.166. The lowest BCUT2D eigenvalue weighted by Gasteiger charge is -2.33. The topological polar surface area (TPSA) is 38.5 Å². The van der Waals surface area contributed by atoms with Crippen molar-refractivity contribution in [2.75, 3.05) is 18.0 Å². The molecule has 18 heavy (non-hydrogen) atoms. The molecule has 0 bridgehead atoms. The molecule has 1 saturated heterocycles. The zero-order valence-electron chi connectivity index (χ0n) is 10.2. The van der Waals surface area contributed by atoms with Crippen molar-refractivity contribution in [2.24, 2.45) is 5.73 Å². The first-order valence-electron chi connectivity index (χ1n) is 6.16. The third-order valence-corrected chi connectivity index (χ3v) is 3.27. The Kier molecular flexibility index (Phi) is 4.49. The van der Waals surface area contributed by atoms with Crippen LogP contribution in [0.15, 0.2) is 24.3 Å². The molecule has 0 radical (unpaired) electrons. The first-order chi connectivity index (χ1) is 8.69. The number of ether oxygens (including phenoxy) is 1. The summed E-state index contributed by atoms with van der Waals surface area (Å²) in [5.41, 5.74) is 7.75. The summed E-state index contributed by atoms with van der Waals surface area (Å²) in [6, 6.07) is 8.04. The number of halogens is 2. The Morgan fingerprint density at radius 3 is 2.33 bits per heavy atom. The highest BCUT2D eigenvalue weighted by atomic mass is 19.3. The van der Waals surface area contributed by atoms with Crippen molar-refractivity contribution >= 4 is 5.69 Å². The van der Waals surface area contributed by atoms with Crippen molar-refractivity contribution in [3.63, 3.8) is 0 Å². The number of alkyl halides is 2. The molecule has 1 aromatic carbocycles. The fourth-order valence-corrected chi connectivity index (χ4v) is 2.24. The van der Waals surface area contributed by atoms with Crippen molar-refractivity contribution in [3.05, 3.63) is 29.8 Å².